The first kappa shape index (κ1) is 19.5. The monoisotopic (exact) mass is 351 g/mol. The van der Waals surface area contributed by atoms with Crippen LogP contribution in [0.1, 0.15) is 23.6 Å². The summed E-state index contributed by atoms with van der Waals surface area (Å²) in [5, 5.41) is 10.3. The molecule has 6 heteroatoms. The first-order chi connectivity index (χ1) is 11.9. The van der Waals surface area contributed by atoms with Crippen molar-refractivity contribution in [2.24, 2.45) is 0 Å². The lowest BCUT2D eigenvalue weighted by molar-refractivity contribution is -0.907. The molecule has 2 rings (SSSR count). The summed E-state index contributed by atoms with van der Waals surface area (Å²) in [6.45, 7) is 12.2. The Kier molecular flexibility index (Phi) is 7.08. The standard InChI is InChI=1S/C19H30N2O4/c1-5-24-19(23)21-8-6-20(7-9-21)12-17(22)13-25-18-15(3)10-14(2)11-16(18)4/h10-11,17,22H,5-9,12-13H2,1-4H3/p+1/t17-/m0/s1. The number of aliphatic hydroxyl groups is 1. The maximum atomic E-state index is 11.7. The number of amides is 1. The summed E-state index contributed by atoms with van der Waals surface area (Å²) >= 11 is 0. The minimum absolute atomic E-state index is 0.240. The van der Waals surface area contributed by atoms with Crippen LogP contribution in [0.4, 0.5) is 4.79 Å². The molecular weight excluding hydrogens is 320 g/mol. The van der Waals surface area contributed by atoms with E-state index in [9.17, 15) is 9.90 Å². The van der Waals surface area contributed by atoms with Crippen molar-refractivity contribution in [3.05, 3.63) is 28.8 Å². The molecule has 0 radical (unpaired) electrons. The summed E-state index contributed by atoms with van der Waals surface area (Å²) in [6, 6.07) is 4.18. The van der Waals surface area contributed by atoms with E-state index in [0.29, 0.717) is 26.2 Å². The molecule has 0 aromatic heterocycles. The highest BCUT2D eigenvalue weighted by Gasteiger charge is 2.26. The molecule has 1 fully saturated rings. The van der Waals surface area contributed by atoms with Gasteiger partial charge in [0.25, 0.3) is 0 Å². The third-order valence-electron chi connectivity index (χ3n) is 4.55. The Labute approximate surface area is 150 Å². The van der Waals surface area contributed by atoms with Crippen LogP contribution in [0.3, 0.4) is 0 Å². The highest BCUT2D eigenvalue weighted by molar-refractivity contribution is 5.67. The zero-order chi connectivity index (χ0) is 18.4. The molecule has 2 N–H and O–H groups in total. The van der Waals surface area contributed by atoms with Gasteiger partial charge in [-0.2, -0.15) is 0 Å². The minimum atomic E-state index is -0.524. The van der Waals surface area contributed by atoms with Crippen molar-refractivity contribution in [3.8, 4) is 5.75 Å². The second kappa shape index (κ2) is 9.06. The average Bonchev–Trinajstić information content (AvgIpc) is 2.54. The second-order valence-electron chi connectivity index (χ2n) is 6.83. The molecule has 0 bridgehead atoms. The van der Waals surface area contributed by atoms with Crippen molar-refractivity contribution in [2.45, 2.75) is 33.8 Å². The van der Waals surface area contributed by atoms with Crippen LogP contribution in [0, 0.1) is 20.8 Å². The molecule has 0 unspecified atom stereocenters. The molecule has 0 aliphatic carbocycles. The summed E-state index contributed by atoms with van der Waals surface area (Å²) in [7, 11) is 0. The number of nitrogens with zero attached hydrogens (tertiary/aromatic N) is 1. The molecule has 140 valence electrons. The van der Waals surface area contributed by atoms with Crippen LogP contribution in [-0.4, -0.2) is 68.1 Å². The molecule has 1 atom stereocenters. The Hall–Kier alpha value is -1.79. The number of hydrogen-bond acceptors (Lipinski definition) is 4. The zero-order valence-corrected chi connectivity index (χ0v) is 15.8. The Balaban J connectivity index is 1.76. The topological polar surface area (TPSA) is 63.4 Å². The van der Waals surface area contributed by atoms with Crippen LogP contribution in [0.5, 0.6) is 5.75 Å². The van der Waals surface area contributed by atoms with E-state index in [2.05, 4.69) is 19.1 Å². The number of aliphatic hydroxyl groups excluding tert-OH is 1. The molecule has 1 heterocycles. The van der Waals surface area contributed by atoms with E-state index in [1.54, 1.807) is 4.90 Å². The molecule has 6 nitrogen and oxygen atoms in total. The van der Waals surface area contributed by atoms with E-state index >= 15 is 0 Å². The Morgan fingerprint density at radius 2 is 1.84 bits per heavy atom. The molecule has 0 saturated carbocycles. The van der Waals surface area contributed by atoms with Crippen molar-refractivity contribution >= 4 is 6.09 Å². The number of rotatable bonds is 6. The number of nitrogens with one attached hydrogen (secondary N) is 1. The van der Waals surface area contributed by atoms with Crippen molar-refractivity contribution in [1.29, 1.82) is 0 Å². The van der Waals surface area contributed by atoms with Gasteiger partial charge in [-0.1, -0.05) is 17.7 Å². The molecule has 0 spiro atoms. The molecular formula is C19H31N2O4+. The lowest BCUT2D eigenvalue weighted by atomic mass is 10.1. The van der Waals surface area contributed by atoms with Crippen LogP contribution in [-0.2, 0) is 4.74 Å². The number of aryl methyl sites for hydroxylation is 3. The minimum Gasteiger partial charge on any atom is -0.490 e. The SMILES string of the molecule is CCOC(=O)N1CC[NH+](C[C@H](O)COc2c(C)cc(C)cc2C)CC1. The number of benzene rings is 1. The highest BCUT2D eigenvalue weighted by Crippen LogP contribution is 2.24. The summed E-state index contributed by atoms with van der Waals surface area (Å²) < 4.78 is 10.9. The number of carbonyl (C=O) groups is 1. The van der Waals surface area contributed by atoms with Gasteiger partial charge in [0.2, 0.25) is 0 Å². The highest BCUT2D eigenvalue weighted by atomic mass is 16.6. The maximum Gasteiger partial charge on any atom is 0.410 e. The number of ether oxygens (including phenoxy) is 2. The predicted octanol–water partition coefficient (Wildman–Crippen LogP) is 0.709. The summed E-state index contributed by atoms with van der Waals surface area (Å²) in [6.07, 6.45) is -0.764. The van der Waals surface area contributed by atoms with Crippen LogP contribution in [0.2, 0.25) is 0 Å². The maximum absolute atomic E-state index is 11.7. The quantitative estimate of drug-likeness (QED) is 0.792. The van der Waals surface area contributed by atoms with Crippen molar-refractivity contribution in [3.63, 3.8) is 0 Å². The van der Waals surface area contributed by atoms with Crippen molar-refractivity contribution in [1.82, 2.24) is 4.90 Å². The molecule has 1 aromatic rings. The van der Waals surface area contributed by atoms with Gasteiger partial charge in [-0.15, -0.1) is 0 Å². The number of hydrogen-bond donors (Lipinski definition) is 2. The van der Waals surface area contributed by atoms with Crippen LogP contribution >= 0.6 is 0 Å². The largest absolute Gasteiger partial charge is 0.490 e. The number of quaternary nitrogens is 1. The van der Waals surface area contributed by atoms with Gasteiger partial charge >= 0.3 is 6.09 Å². The van der Waals surface area contributed by atoms with Gasteiger partial charge in [-0.3, -0.25) is 4.90 Å². The van der Waals surface area contributed by atoms with E-state index in [1.165, 1.54) is 10.5 Å². The molecule has 1 aliphatic rings. The molecule has 1 aromatic carbocycles. The van der Waals surface area contributed by atoms with Gasteiger partial charge < -0.3 is 19.5 Å². The van der Waals surface area contributed by atoms with Gasteiger partial charge in [0.1, 0.15) is 25.0 Å². The smallest absolute Gasteiger partial charge is 0.410 e. The fourth-order valence-corrected chi connectivity index (χ4v) is 3.39. The van der Waals surface area contributed by atoms with E-state index < -0.39 is 6.10 Å². The number of piperazine rings is 1. The predicted molar refractivity (Wildman–Crippen MR) is 96.3 cm³/mol. The Morgan fingerprint density at radius 1 is 1.24 bits per heavy atom. The van der Waals surface area contributed by atoms with Crippen molar-refractivity contribution < 1.29 is 24.3 Å². The third kappa shape index (κ3) is 5.61. The Morgan fingerprint density at radius 3 is 2.40 bits per heavy atom. The van der Waals surface area contributed by atoms with E-state index in [1.807, 2.05) is 20.8 Å². The fourth-order valence-electron chi connectivity index (χ4n) is 3.39. The summed E-state index contributed by atoms with van der Waals surface area (Å²) in [5.41, 5.74) is 3.41. The van der Waals surface area contributed by atoms with Gasteiger partial charge in [0.05, 0.1) is 32.8 Å². The van der Waals surface area contributed by atoms with Gasteiger partial charge in [0, 0.05) is 0 Å². The number of carbonyl (C=O) groups excluding carboxylic acids is 1. The third-order valence-corrected chi connectivity index (χ3v) is 4.55. The second-order valence-corrected chi connectivity index (χ2v) is 6.83. The van der Waals surface area contributed by atoms with E-state index in [4.69, 9.17) is 9.47 Å². The first-order valence-corrected chi connectivity index (χ1v) is 9.04. The van der Waals surface area contributed by atoms with Gasteiger partial charge in [-0.05, 0) is 38.8 Å². The lowest BCUT2D eigenvalue weighted by Gasteiger charge is -2.32. The van der Waals surface area contributed by atoms with Gasteiger partial charge in [-0.25, -0.2) is 4.79 Å². The Bertz CT molecular complexity index is 560. The van der Waals surface area contributed by atoms with E-state index in [0.717, 1.165) is 30.0 Å². The average molecular weight is 351 g/mol. The van der Waals surface area contributed by atoms with Crippen LogP contribution in [0.25, 0.3) is 0 Å². The summed E-state index contributed by atoms with van der Waals surface area (Å²) in [5.74, 6) is 0.867. The van der Waals surface area contributed by atoms with E-state index in [-0.39, 0.29) is 12.7 Å². The fraction of sp³-hybridized carbons (Fsp3) is 0.632. The zero-order valence-electron chi connectivity index (χ0n) is 15.8. The van der Waals surface area contributed by atoms with Crippen LogP contribution < -0.4 is 9.64 Å². The molecule has 1 amide bonds. The molecule has 1 aliphatic heterocycles. The molecule has 25 heavy (non-hydrogen) atoms. The molecule has 1 saturated heterocycles. The van der Waals surface area contributed by atoms with Gasteiger partial charge in [0.15, 0.2) is 0 Å². The lowest BCUT2D eigenvalue weighted by Crippen LogP contribution is -3.16. The van der Waals surface area contributed by atoms with Crippen molar-refractivity contribution in [2.75, 3.05) is 45.9 Å². The summed E-state index contributed by atoms with van der Waals surface area (Å²) in [4.78, 5) is 14.7. The normalized spacial score (nSPS) is 16.6. The van der Waals surface area contributed by atoms with Crippen LogP contribution in [0.15, 0.2) is 12.1 Å². The first-order valence-electron chi connectivity index (χ1n) is 9.04.